The molecule has 0 aliphatic carbocycles. The molecule has 0 aliphatic rings. The molecule has 0 spiro atoms. The monoisotopic (exact) mass is 345 g/mol. The minimum atomic E-state index is -0.782. The molecule has 2 heterocycles. The van der Waals surface area contributed by atoms with Crippen molar-refractivity contribution in [2.45, 2.75) is 6.10 Å². The van der Waals surface area contributed by atoms with Crippen LogP contribution in [0.4, 0.5) is 0 Å². The predicted molar refractivity (Wildman–Crippen MR) is 66.9 cm³/mol. The fourth-order valence-corrected chi connectivity index (χ4v) is 2.62. The van der Waals surface area contributed by atoms with E-state index < -0.39 is 6.10 Å². The first-order valence-electron chi connectivity index (χ1n) is 4.56. The number of rotatable bonds is 2. The lowest BCUT2D eigenvalue weighted by Crippen LogP contribution is -2.08. The van der Waals surface area contributed by atoms with Gasteiger partial charge in [0, 0.05) is 28.4 Å². The highest BCUT2D eigenvalue weighted by atomic mass is 79.9. The third kappa shape index (κ3) is 2.18. The molecule has 0 saturated carbocycles. The van der Waals surface area contributed by atoms with E-state index >= 15 is 0 Å². The molecule has 0 radical (unpaired) electrons. The Morgan fingerprint density at radius 1 is 1.44 bits per heavy atom. The van der Waals surface area contributed by atoms with E-state index in [4.69, 9.17) is 0 Å². The second-order valence-electron chi connectivity index (χ2n) is 3.30. The Labute approximate surface area is 110 Å². The quantitative estimate of drug-likeness (QED) is 0.908. The summed E-state index contributed by atoms with van der Waals surface area (Å²) >= 11 is 6.69. The van der Waals surface area contributed by atoms with Crippen molar-refractivity contribution >= 4 is 31.9 Å². The minimum absolute atomic E-state index is 0.576. The van der Waals surface area contributed by atoms with Crippen LogP contribution in [0.3, 0.4) is 0 Å². The van der Waals surface area contributed by atoms with Gasteiger partial charge in [0.2, 0.25) is 0 Å². The first kappa shape index (κ1) is 11.8. The first-order valence-corrected chi connectivity index (χ1v) is 6.15. The van der Waals surface area contributed by atoms with Crippen molar-refractivity contribution in [1.82, 2.24) is 14.8 Å². The van der Waals surface area contributed by atoms with Gasteiger partial charge in [0.05, 0.1) is 11.4 Å². The number of nitrogens with zero attached hydrogens (tertiary/aromatic N) is 3. The fourth-order valence-electron chi connectivity index (χ4n) is 1.42. The van der Waals surface area contributed by atoms with Crippen LogP contribution in [0.2, 0.25) is 0 Å². The van der Waals surface area contributed by atoms with E-state index in [1.54, 1.807) is 30.2 Å². The van der Waals surface area contributed by atoms with Crippen LogP contribution >= 0.6 is 31.9 Å². The standard InChI is InChI=1S/C10H9Br2N3O/c1-15-8(2-3-14-15)10(16)9-7(12)4-6(11)5-13-9/h2-5,10,16H,1H3. The number of pyridine rings is 1. The third-order valence-electron chi connectivity index (χ3n) is 2.23. The summed E-state index contributed by atoms with van der Waals surface area (Å²) < 4.78 is 3.25. The molecule has 2 aromatic rings. The number of aromatic nitrogens is 3. The maximum Gasteiger partial charge on any atom is 0.139 e. The zero-order valence-electron chi connectivity index (χ0n) is 8.43. The van der Waals surface area contributed by atoms with Crippen molar-refractivity contribution in [1.29, 1.82) is 0 Å². The molecule has 1 unspecified atom stereocenters. The third-order valence-corrected chi connectivity index (χ3v) is 3.30. The van der Waals surface area contributed by atoms with Crippen LogP contribution in [0.1, 0.15) is 17.5 Å². The zero-order valence-corrected chi connectivity index (χ0v) is 11.6. The summed E-state index contributed by atoms with van der Waals surface area (Å²) in [7, 11) is 1.78. The minimum Gasteiger partial charge on any atom is -0.380 e. The van der Waals surface area contributed by atoms with Gasteiger partial charge in [-0.25, -0.2) is 0 Å². The Hall–Kier alpha value is -0.720. The summed E-state index contributed by atoms with van der Waals surface area (Å²) in [6.45, 7) is 0. The smallest absolute Gasteiger partial charge is 0.139 e. The molecule has 6 heteroatoms. The average molecular weight is 347 g/mol. The van der Waals surface area contributed by atoms with Crippen LogP contribution in [-0.2, 0) is 7.05 Å². The maximum absolute atomic E-state index is 10.2. The lowest BCUT2D eigenvalue weighted by atomic mass is 10.1. The lowest BCUT2D eigenvalue weighted by Gasteiger charge is -2.12. The van der Waals surface area contributed by atoms with E-state index in [2.05, 4.69) is 41.9 Å². The normalized spacial score (nSPS) is 12.8. The summed E-state index contributed by atoms with van der Waals surface area (Å²) in [4.78, 5) is 4.19. The molecule has 0 saturated heterocycles. The van der Waals surface area contributed by atoms with Crippen molar-refractivity contribution in [2.24, 2.45) is 7.05 Å². The number of hydrogen-bond acceptors (Lipinski definition) is 3. The van der Waals surface area contributed by atoms with Crippen molar-refractivity contribution < 1.29 is 5.11 Å². The summed E-state index contributed by atoms with van der Waals surface area (Å²) in [5, 5.41) is 14.2. The first-order chi connectivity index (χ1) is 7.59. The van der Waals surface area contributed by atoms with Crippen molar-refractivity contribution in [3.05, 3.63) is 44.9 Å². The summed E-state index contributed by atoms with van der Waals surface area (Å²) in [6, 6.07) is 3.61. The Balaban J connectivity index is 2.41. The fraction of sp³-hybridized carbons (Fsp3) is 0.200. The highest BCUT2D eigenvalue weighted by Gasteiger charge is 2.18. The number of aryl methyl sites for hydroxylation is 1. The van der Waals surface area contributed by atoms with Crippen LogP contribution in [0, 0.1) is 0 Å². The molecule has 4 nitrogen and oxygen atoms in total. The van der Waals surface area contributed by atoms with Crippen LogP contribution in [0.15, 0.2) is 33.5 Å². The van der Waals surface area contributed by atoms with Crippen LogP contribution in [0.5, 0.6) is 0 Å². The van der Waals surface area contributed by atoms with E-state index in [1.165, 1.54) is 0 Å². The van der Waals surface area contributed by atoms with E-state index in [1.807, 2.05) is 6.07 Å². The number of aliphatic hydroxyl groups excluding tert-OH is 1. The molecule has 0 bridgehead atoms. The van der Waals surface area contributed by atoms with Crippen molar-refractivity contribution in [3.63, 3.8) is 0 Å². The van der Waals surface area contributed by atoms with Gasteiger partial charge < -0.3 is 5.11 Å². The topological polar surface area (TPSA) is 50.9 Å². The molecular formula is C10H9Br2N3O. The second kappa shape index (κ2) is 4.65. The molecule has 1 atom stereocenters. The van der Waals surface area contributed by atoms with Gasteiger partial charge in [0.15, 0.2) is 0 Å². The Morgan fingerprint density at radius 2 is 2.19 bits per heavy atom. The molecule has 0 aromatic carbocycles. The highest BCUT2D eigenvalue weighted by Crippen LogP contribution is 2.28. The Kier molecular flexibility index (Phi) is 3.41. The summed E-state index contributed by atoms with van der Waals surface area (Å²) in [5.74, 6) is 0. The SMILES string of the molecule is Cn1nccc1C(O)c1ncc(Br)cc1Br. The van der Waals surface area contributed by atoms with E-state index in [9.17, 15) is 5.11 Å². The van der Waals surface area contributed by atoms with Crippen LogP contribution < -0.4 is 0 Å². The van der Waals surface area contributed by atoms with Crippen molar-refractivity contribution in [3.8, 4) is 0 Å². The average Bonchev–Trinajstić information content (AvgIpc) is 2.63. The second-order valence-corrected chi connectivity index (χ2v) is 5.07. The maximum atomic E-state index is 10.2. The van der Waals surface area contributed by atoms with E-state index in [0.717, 1.165) is 8.95 Å². The van der Waals surface area contributed by atoms with Gasteiger partial charge in [0.1, 0.15) is 6.10 Å². The van der Waals surface area contributed by atoms with Gasteiger partial charge >= 0.3 is 0 Å². The highest BCUT2D eigenvalue weighted by molar-refractivity contribution is 9.11. The van der Waals surface area contributed by atoms with Crippen LogP contribution in [0.25, 0.3) is 0 Å². The molecule has 2 rings (SSSR count). The van der Waals surface area contributed by atoms with Gasteiger partial charge in [-0.3, -0.25) is 9.67 Å². The zero-order chi connectivity index (χ0) is 11.7. The van der Waals surface area contributed by atoms with E-state index in [-0.39, 0.29) is 0 Å². The Morgan fingerprint density at radius 3 is 2.75 bits per heavy atom. The largest absolute Gasteiger partial charge is 0.380 e. The lowest BCUT2D eigenvalue weighted by molar-refractivity contribution is 0.204. The Bertz CT molecular complexity index is 513. The summed E-state index contributed by atoms with van der Waals surface area (Å²) in [5.41, 5.74) is 1.28. The number of hydrogen-bond donors (Lipinski definition) is 1. The number of aliphatic hydroxyl groups is 1. The summed E-state index contributed by atoms with van der Waals surface area (Å²) in [6.07, 6.45) is 2.51. The molecule has 0 fully saturated rings. The van der Waals surface area contributed by atoms with Gasteiger partial charge in [-0.05, 0) is 44.0 Å². The van der Waals surface area contributed by atoms with Gasteiger partial charge in [-0.1, -0.05) is 0 Å². The molecule has 84 valence electrons. The molecule has 0 amide bonds. The van der Waals surface area contributed by atoms with Gasteiger partial charge in [0.25, 0.3) is 0 Å². The molecule has 1 N–H and O–H groups in total. The molecular weight excluding hydrogens is 338 g/mol. The molecule has 16 heavy (non-hydrogen) atoms. The van der Waals surface area contributed by atoms with Gasteiger partial charge in [-0.2, -0.15) is 5.10 Å². The molecule has 2 aromatic heterocycles. The number of halogens is 2. The predicted octanol–water partition coefficient (Wildman–Crippen LogP) is 2.42. The van der Waals surface area contributed by atoms with E-state index in [0.29, 0.717) is 11.4 Å². The van der Waals surface area contributed by atoms with Crippen molar-refractivity contribution in [2.75, 3.05) is 0 Å². The van der Waals surface area contributed by atoms with Gasteiger partial charge in [-0.15, -0.1) is 0 Å². The van der Waals surface area contributed by atoms with Crippen LogP contribution in [-0.4, -0.2) is 19.9 Å². The molecule has 0 aliphatic heterocycles.